The molecule has 0 aliphatic carbocycles. The molecule has 9 nitrogen and oxygen atoms in total. The zero-order valence-electron chi connectivity index (χ0n) is 55.2. The average molecular weight is 1180 g/mol. The molecule has 0 saturated carbocycles. The van der Waals surface area contributed by atoms with Crippen molar-refractivity contribution in [2.45, 2.75) is 367 Å². The van der Waals surface area contributed by atoms with E-state index in [1.165, 1.54) is 276 Å². The van der Waals surface area contributed by atoms with Crippen LogP contribution in [0, 0.1) is 0 Å². The van der Waals surface area contributed by atoms with Gasteiger partial charge in [0.15, 0.2) is 6.10 Å². The fourth-order valence-corrected chi connectivity index (χ4v) is 11.4. The highest BCUT2D eigenvalue weighted by Crippen LogP contribution is 2.38. The van der Waals surface area contributed by atoms with E-state index in [2.05, 4.69) is 50.3 Å². The van der Waals surface area contributed by atoms with E-state index in [9.17, 15) is 19.0 Å². The SMILES string of the molecule is CCCCCCC/C=C\C/C=C\C/C=C\CCCCCCCCCCCCCCCCCCC(=O)OC(COC(=O)CCCCCCCCCCCCCCCCCCCCCCCCCCCCC)COP(=O)([O-])OCC[N+](C)(C)C. The van der Waals surface area contributed by atoms with Crippen LogP contribution in [0.5, 0.6) is 0 Å². The highest BCUT2D eigenvalue weighted by Gasteiger charge is 2.22. The van der Waals surface area contributed by atoms with E-state index in [0.717, 1.165) is 51.4 Å². The predicted octanol–water partition coefficient (Wildman–Crippen LogP) is 22.4. The number of phosphoric ester groups is 1. The zero-order valence-corrected chi connectivity index (χ0v) is 56.1. The molecule has 0 aromatic heterocycles. The lowest BCUT2D eigenvalue weighted by Gasteiger charge is -2.28. The molecule has 82 heavy (non-hydrogen) atoms. The van der Waals surface area contributed by atoms with Gasteiger partial charge in [0.2, 0.25) is 0 Å². The summed E-state index contributed by atoms with van der Waals surface area (Å²) in [5.41, 5.74) is 0. The molecule has 0 radical (unpaired) electrons. The predicted molar refractivity (Wildman–Crippen MR) is 351 cm³/mol. The monoisotopic (exact) mass is 1180 g/mol. The summed E-state index contributed by atoms with van der Waals surface area (Å²) in [6.45, 7) is 4.30. The number of phosphoric acid groups is 1. The minimum Gasteiger partial charge on any atom is -0.756 e. The van der Waals surface area contributed by atoms with Crippen molar-refractivity contribution in [2.24, 2.45) is 0 Å². The van der Waals surface area contributed by atoms with Crippen LogP contribution in [0.25, 0.3) is 0 Å². The summed E-state index contributed by atoms with van der Waals surface area (Å²) in [5, 5.41) is 0. The lowest BCUT2D eigenvalue weighted by Crippen LogP contribution is -2.37. The van der Waals surface area contributed by atoms with Gasteiger partial charge in [-0.1, -0.05) is 333 Å². The number of allylic oxidation sites excluding steroid dienone is 6. The van der Waals surface area contributed by atoms with Crippen molar-refractivity contribution in [3.63, 3.8) is 0 Å². The Morgan fingerprint density at radius 3 is 0.976 bits per heavy atom. The maximum absolute atomic E-state index is 12.9. The summed E-state index contributed by atoms with van der Waals surface area (Å²) >= 11 is 0. The first kappa shape index (κ1) is 80.2. The van der Waals surface area contributed by atoms with Crippen molar-refractivity contribution in [2.75, 3.05) is 47.5 Å². The molecule has 0 bridgehead atoms. The highest BCUT2D eigenvalue weighted by atomic mass is 31.2. The highest BCUT2D eigenvalue weighted by molar-refractivity contribution is 7.45. The number of nitrogens with zero attached hydrogens (tertiary/aromatic N) is 1. The molecule has 0 aromatic rings. The van der Waals surface area contributed by atoms with Crippen molar-refractivity contribution in [3.8, 4) is 0 Å². The summed E-state index contributed by atoms with van der Waals surface area (Å²) in [6.07, 6.45) is 80.9. The fourth-order valence-electron chi connectivity index (χ4n) is 10.7. The Balaban J connectivity index is 4.00. The van der Waals surface area contributed by atoms with E-state index in [1.54, 1.807) is 0 Å². The number of quaternary nitrogens is 1. The Hall–Kier alpha value is -1.77. The van der Waals surface area contributed by atoms with Gasteiger partial charge in [-0.25, -0.2) is 0 Å². The van der Waals surface area contributed by atoms with E-state index in [1.807, 2.05) is 21.1 Å². The summed E-state index contributed by atoms with van der Waals surface area (Å²) in [7, 11) is 1.19. The van der Waals surface area contributed by atoms with Crippen LogP contribution in [0.1, 0.15) is 361 Å². The minimum absolute atomic E-state index is 0.0280. The van der Waals surface area contributed by atoms with Crippen LogP contribution in [0.3, 0.4) is 0 Å². The Bertz CT molecular complexity index is 1480. The van der Waals surface area contributed by atoms with Gasteiger partial charge in [-0.05, 0) is 51.4 Å². The van der Waals surface area contributed by atoms with Crippen LogP contribution < -0.4 is 4.89 Å². The smallest absolute Gasteiger partial charge is 0.306 e. The number of unbranched alkanes of at least 4 members (excludes halogenated alkanes) is 47. The van der Waals surface area contributed by atoms with Gasteiger partial charge >= 0.3 is 11.9 Å². The first-order valence-electron chi connectivity index (χ1n) is 35.7. The molecule has 0 saturated heterocycles. The third kappa shape index (κ3) is 67.4. The van der Waals surface area contributed by atoms with Crippen molar-refractivity contribution in [1.29, 1.82) is 0 Å². The number of carbonyl (C=O) groups is 2. The lowest BCUT2D eigenvalue weighted by atomic mass is 10.0. The standard InChI is InChI=1S/C72H138NO8P/c1-6-8-10-12-14-16-18-20-22-24-26-28-30-32-34-35-36-37-39-41-43-45-47-49-51-53-55-57-59-61-63-65-72(75)81-70(69-80-82(76,77)79-67-66-73(3,4)5)68-78-71(74)64-62-60-58-56-54-52-50-48-46-44-42-40-38-33-31-29-27-25-23-21-19-17-15-13-11-9-7-2/h18,20,24,26,30,32,70H,6-17,19,21-23,25,27-29,31,33-69H2,1-5H3/b20-18-,26-24-,32-30-. The first-order valence-corrected chi connectivity index (χ1v) is 37.2. The van der Waals surface area contributed by atoms with Gasteiger partial charge < -0.3 is 27.9 Å². The Morgan fingerprint density at radius 2 is 0.659 bits per heavy atom. The van der Waals surface area contributed by atoms with E-state index in [4.69, 9.17) is 18.5 Å². The topological polar surface area (TPSA) is 111 Å². The van der Waals surface area contributed by atoms with Crippen LogP contribution in [0.15, 0.2) is 36.5 Å². The normalized spacial score (nSPS) is 13.3. The van der Waals surface area contributed by atoms with Crippen LogP contribution in [0.4, 0.5) is 0 Å². The van der Waals surface area contributed by atoms with Gasteiger partial charge in [0.1, 0.15) is 19.8 Å². The summed E-state index contributed by atoms with van der Waals surface area (Å²) in [5.74, 6) is -0.812. The lowest BCUT2D eigenvalue weighted by molar-refractivity contribution is -0.870. The van der Waals surface area contributed by atoms with E-state index in [-0.39, 0.29) is 32.0 Å². The quantitative estimate of drug-likeness (QED) is 0.0195. The molecule has 0 aliphatic heterocycles. The van der Waals surface area contributed by atoms with Crippen LogP contribution in [-0.4, -0.2) is 70.0 Å². The number of esters is 2. The van der Waals surface area contributed by atoms with Crippen LogP contribution in [-0.2, 0) is 32.7 Å². The van der Waals surface area contributed by atoms with Crippen molar-refractivity contribution in [3.05, 3.63) is 36.5 Å². The number of hydrogen-bond donors (Lipinski definition) is 0. The number of ether oxygens (including phenoxy) is 2. The molecule has 0 aromatic carbocycles. The van der Waals surface area contributed by atoms with Gasteiger partial charge in [-0.2, -0.15) is 0 Å². The molecular formula is C72H138NO8P. The molecule has 0 spiro atoms. The second kappa shape index (κ2) is 63.7. The summed E-state index contributed by atoms with van der Waals surface area (Å²) < 4.78 is 34.3. The third-order valence-corrected chi connectivity index (χ3v) is 17.1. The van der Waals surface area contributed by atoms with Crippen molar-refractivity contribution in [1.82, 2.24) is 0 Å². The second-order valence-electron chi connectivity index (χ2n) is 25.6. The molecule has 0 rings (SSSR count). The summed E-state index contributed by atoms with van der Waals surface area (Å²) in [6, 6.07) is 0. The molecule has 2 unspecified atom stereocenters. The van der Waals surface area contributed by atoms with Crippen LogP contribution in [0.2, 0.25) is 0 Å². The minimum atomic E-state index is -4.64. The number of rotatable bonds is 67. The molecular weight excluding hydrogens is 1040 g/mol. The average Bonchev–Trinajstić information content (AvgIpc) is 3.46. The van der Waals surface area contributed by atoms with Crippen molar-refractivity contribution < 1.29 is 42.1 Å². The molecule has 2 atom stereocenters. The summed E-state index contributed by atoms with van der Waals surface area (Å²) in [4.78, 5) is 38.1. The maximum atomic E-state index is 12.9. The Morgan fingerprint density at radius 1 is 0.378 bits per heavy atom. The Kier molecular flexibility index (Phi) is 62.3. The molecule has 0 fully saturated rings. The number of carbonyl (C=O) groups excluding carboxylic acids is 2. The van der Waals surface area contributed by atoms with Crippen molar-refractivity contribution >= 4 is 19.8 Å². The maximum Gasteiger partial charge on any atom is 0.306 e. The largest absolute Gasteiger partial charge is 0.756 e. The van der Waals surface area contributed by atoms with E-state index in [0.29, 0.717) is 17.4 Å². The molecule has 0 heterocycles. The fraction of sp³-hybridized carbons (Fsp3) is 0.889. The number of hydrogen-bond acceptors (Lipinski definition) is 8. The Labute approximate surface area is 510 Å². The van der Waals surface area contributed by atoms with E-state index < -0.39 is 26.5 Å². The van der Waals surface area contributed by atoms with Crippen LogP contribution >= 0.6 is 7.82 Å². The first-order chi connectivity index (χ1) is 40.0. The van der Waals surface area contributed by atoms with Gasteiger partial charge in [0.05, 0.1) is 27.7 Å². The van der Waals surface area contributed by atoms with Gasteiger partial charge in [0, 0.05) is 12.8 Å². The third-order valence-electron chi connectivity index (χ3n) is 16.2. The molecule has 0 N–H and O–H groups in total. The zero-order chi connectivity index (χ0) is 59.8. The second-order valence-corrected chi connectivity index (χ2v) is 27.0. The van der Waals surface area contributed by atoms with E-state index >= 15 is 0 Å². The number of likely N-dealkylation sites (N-methyl/N-ethyl adjacent to an activating group) is 1. The molecule has 0 aliphatic rings. The van der Waals surface area contributed by atoms with Gasteiger partial charge in [0.25, 0.3) is 7.82 Å². The van der Waals surface area contributed by atoms with Gasteiger partial charge in [-0.3, -0.25) is 14.2 Å². The molecule has 484 valence electrons. The molecule has 0 amide bonds. The molecule has 10 heteroatoms. The van der Waals surface area contributed by atoms with Gasteiger partial charge in [-0.15, -0.1) is 0 Å².